The average molecular weight is 238 g/mol. The summed E-state index contributed by atoms with van der Waals surface area (Å²) in [6.07, 6.45) is 5.69. The Morgan fingerprint density at radius 2 is 2.00 bits per heavy atom. The summed E-state index contributed by atoms with van der Waals surface area (Å²) in [5.41, 5.74) is 7.17. The highest BCUT2D eigenvalue weighted by molar-refractivity contribution is 5.66. The molecule has 0 aliphatic rings. The fourth-order valence-corrected chi connectivity index (χ4v) is 1.96. The number of halogens is 1. The second-order valence-electron chi connectivity index (χ2n) is 4.50. The minimum absolute atomic E-state index is 0.243. The summed E-state index contributed by atoms with van der Waals surface area (Å²) < 4.78 is 13.1. The lowest BCUT2D eigenvalue weighted by molar-refractivity contribution is 0.563. The highest BCUT2D eigenvalue weighted by Gasteiger charge is 2.09. The SMILES string of the molecule is CCCCC(CCC)Nc1cc(F)ccc1N. The van der Waals surface area contributed by atoms with Gasteiger partial charge in [0.25, 0.3) is 0 Å². The van der Waals surface area contributed by atoms with Crippen molar-refractivity contribution in [1.82, 2.24) is 0 Å². The topological polar surface area (TPSA) is 38.0 Å². The lowest BCUT2D eigenvalue weighted by Gasteiger charge is -2.20. The summed E-state index contributed by atoms with van der Waals surface area (Å²) in [7, 11) is 0. The molecule has 3 N–H and O–H groups in total. The van der Waals surface area contributed by atoms with Crippen molar-refractivity contribution in [2.45, 2.75) is 52.0 Å². The van der Waals surface area contributed by atoms with Crippen molar-refractivity contribution >= 4 is 11.4 Å². The Morgan fingerprint density at radius 3 is 2.65 bits per heavy atom. The van der Waals surface area contributed by atoms with E-state index >= 15 is 0 Å². The average Bonchev–Trinajstić information content (AvgIpc) is 2.31. The molecular weight excluding hydrogens is 215 g/mol. The van der Waals surface area contributed by atoms with Crippen molar-refractivity contribution in [2.24, 2.45) is 0 Å². The molecular formula is C14H23FN2. The van der Waals surface area contributed by atoms with Crippen LogP contribution in [0.25, 0.3) is 0 Å². The van der Waals surface area contributed by atoms with Crippen LogP contribution in [-0.4, -0.2) is 6.04 Å². The van der Waals surface area contributed by atoms with Gasteiger partial charge in [0.2, 0.25) is 0 Å². The maximum absolute atomic E-state index is 13.1. The second kappa shape index (κ2) is 7.15. The third-order valence-corrected chi connectivity index (χ3v) is 2.92. The van der Waals surface area contributed by atoms with Gasteiger partial charge in [-0.2, -0.15) is 0 Å². The molecule has 17 heavy (non-hydrogen) atoms. The second-order valence-corrected chi connectivity index (χ2v) is 4.50. The molecule has 0 aliphatic carbocycles. The number of anilines is 2. The Kier molecular flexibility index (Phi) is 5.81. The van der Waals surface area contributed by atoms with Crippen LogP contribution in [0.15, 0.2) is 18.2 Å². The van der Waals surface area contributed by atoms with E-state index in [0.717, 1.165) is 24.9 Å². The van der Waals surface area contributed by atoms with Crippen molar-refractivity contribution in [3.05, 3.63) is 24.0 Å². The van der Waals surface area contributed by atoms with Gasteiger partial charge >= 0.3 is 0 Å². The molecule has 0 spiro atoms. The molecule has 0 aromatic heterocycles. The van der Waals surface area contributed by atoms with Crippen molar-refractivity contribution in [2.75, 3.05) is 11.1 Å². The van der Waals surface area contributed by atoms with Crippen LogP contribution >= 0.6 is 0 Å². The van der Waals surface area contributed by atoms with E-state index in [1.54, 1.807) is 6.07 Å². The number of nitrogens with two attached hydrogens (primary N) is 1. The van der Waals surface area contributed by atoms with Crippen molar-refractivity contribution in [3.8, 4) is 0 Å². The van der Waals surface area contributed by atoms with Gasteiger partial charge in [0.15, 0.2) is 0 Å². The van der Waals surface area contributed by atoms with Gasteiger partial charge in [-0.05, 0) is 31.0 Å². The van der Waals surface area contributed by atoms with E-state index in [1.807, 2.05) is 0 Å². The minimum atomic E-state index is -0.243. The lowest BCUT2D eigenvalue weighted by atomic mass is 10.0. The van der Waals surface area contributed by atoms with Gasteiger partial charge in [-0.3, -0.25) is 0 Å². The van der Waals surface area contributed by atoms with Gasteiger partial charge in [0, 0.05) is 6.04 Å². The van der Waals surface area contributed by atoms with E-state index < -0.39 is 0 Å². The maximum atomic E-state index is 13.1. The Balaban J connectivity index is 2.67. The third kappa shape index (κ3) is 4.63. The molecule has 0 saturated carbocycles. The molecule has 1 rings (SSSR count). The van der Waals surface area contributed by atoms with Gasteiger partial charge in [-0.1, -0.05) is 33.1 Å². The molecule has 1 unspecified atom stereocenters. The molecule has 0 amide bonds. The first-order valence-corrected chi connectivity index (χ1v) is 6.49. The Bertz CT molecular complexity index is 339. The molecule has 2 nitrogen and oxygen atoms in total. The zero-order chi connectivity index (χ0) is 12.7. The first-order valence-electron chi connectivity index (χ1n) is 6.49. The van der Waals surface area contributed by atoms with E-state index in [1.165, 1.54) is 25.0 Å². The van der Waals surface area contributed by atoms with E-state index in [9.17, 15) is 4.39 Å². The summed E-state index contributed by atoms with van der Waals surface area (Å²) in [5.74, 6) is -0.243. The van der Waals surface area contributed by atoms with Gasteiger partial charge in [-0.15, -0.1) is 0 Å². The summed E-state index contributed by atoms with van der Waals surface area (Å²) in [6.45, 7) is 4.34. The largest absolute Gasteiger partial charge is 0.397 e. The predicted octanol–water partition coefficient (Wildman–Crippen LogP) is 4.18. The number of rotatable bonds is 7. The van der Waals surface area contributed by atoms with Crippen LogP contribution in [0.4, 0.5) is 15.8 Å². The van der Waals surface area contributed by atoms with Gasteiger partial charge < -0.3 is 11.1 Å². The maximum Gasteiger partial charge on any atom is 0.125 e. The van der Waals surface area contributed by atoms with Crippen molar-refractivity contribution in [1.29, 1.82) is 0 Å². The van der Waals surface area contributed by atoms with Gasteiger partial charge in [-0.25, -0.2) is 4.39 Å². The molecule has 1 aromatic rings. The molecule has 0 aliphatic heterocycles. The first-order chi connectivity index (χ1) is 8.17. The first kappa shape index (κ1) is 13.8. The highest BCUT2D eigenvalue weighted by Crippen LogP contribution is 2.22. The molecule has 0 fully saturated rings. The standard InChI is InChI=1S/C14H23FN2/c1-3-5-7-12(6-4-2)17-14-10-11(15)8-9-13(14)16/h8-10,12,17H,3-7,16H2,1-2H3. The number of unbranched alkanes of at least 4 members (excludes halogenated alkanes) is 1. The molecule has 0 saturated heterocycles. The lowest BCUT2D eigenvalue weighted by Crippen LogP contribution is -2.20. The number of hydrogen-bond donors (Lipinski definition) is 2. The van der Waals surface area contributed by atoms with E-state index in [4.69, 9.17) is 5.73 Å². The van der Waals surface area contributed by atoms with Crippen LogP contribution in [0.2, 0.25) is 0 Å². The zero-order valence-corrected chi connectivity index (χ0v) is 10.8. The van der Waals surface area contributed by atoms with Crippen molar-refractivity contribution < 1.29 is 4.39 Å². The molecule has 1 aromatic carbocycles. The normalized spacial score (nSPS) is 12.4. The predicted molar refractivity (Wildman–Crippen MR) is 72.7 cm³/mol. The Labute approximate surface area is 103 Å². The van der Waals surface area contributed by atoms with E-state index in [2.05, 4.69) is 19.2 Å². The summed E-state index contributed by atoms with van der Waals surface area (Å²) in [6, 6.07) is 4.87. The van der Waals surface area contributed by atoms with Crippen LogP contribution in [0.3, 0.4) is 0 Å². The fraction of sp³-hybridized carbons (Fsp3) is 0.571. The molecule has 0 bridgehead atoms. The van der Waals surface area contributed by atoms with E-state index in [0.29, 0.717) is 11.7 Å². The Morgan fingerprint density at radius 1 is 1.24 bits per heavy atom. The molecule has 96 valence electrons. The monoisotopic (exact) mass is 238 g/mol. The highest BCUT2D eigenvalue weighted by atomic mass is 19.1. The summed E-state index contributed by atoms with van der Waals surface area (Å²) in [5, 5.41) is 3.36. The smallest absolute Gasteiger partial charge is 0.125 e. The quantitative estimate of drug-likeness (QED) is 0.699. The number of nitrogens with one attached hydrogen (secondary N) is 1. The number of benzene rings is 1. The number of hydrogen-bond acceptors (Lipinski definition) is 2. The fourth-order valence-electron chi connectivity index (χ4n) is 1.96. The summed E-state index contributed by atoms with van der Waals surface area (Å²) >= 11 is 0. The zero-order valence-electron chi connectivity index (χ0n) is 10.8. The third-order valence-electron chi connectivity index (χ3n) is 2.92. The van der Waals surface area contributed by atoms with Crippen LogP contribution in [-0.2, 0) is 0 Å². The van der Waals surface area contributed by atoms with E-state index in [-0.39, 0.29) is 5.82 Å². The number of nitrogen functional groups attached to an aromatic ring is 1. The molecule has 0 radical (unpaired) electrons. The minimum Gasteiger partial charge on any atom is -0.397 e. The van der Waals surface area contributed by atoms with Gasteiger partial charge in [0.1, 0.15) is 5.82 Å². The molecule has 1 atom stereocenters. The molecule has 0 heterocycles. The van der Waals surface area contributed by atoms with Gasteiger partial charge in [0.05, 0.1) is 11.4 Å². The van der Waals surface area contributed by atoms with Crippen LogP contribution < -0.4 is 11.1 Å². The van der Waals surface area contributed by atoms with Crippen molar-refractivity contribution in [3.63, 3.8) is 0 Å². The molecule has 3 heteroatoms. The van der Waals surface area contributed by atoms with Crippen LogP contribution in [0.5, 0.6) is 0 Å². The van der Waals surface area contributed by atoms with Crippen LogP contribution in [0.1, 0.15) is 46.0 Å². The summed E-state index contributed by atoms with van der Waals surface area (Å²) in [4.78, 5) is 0. The Hall–Kier alpha value is -1.25. The van der Waals surface area contributed by atoms with Crippen LogP contribution in [0, 0.1) is 5.82 Å².